The molecule has 3 N–H and O–H groups in total. The average Bonchev–Trinajstić information content (AvgIpc) is 2.46. The molecule has 1 rings (SSSR count). The fourth-order valence-electron chi connectivity index (χ4n) is 2.05. The molecule has 0 radical (unpaired) electrons. The van der Waals surface area contributed by atoms with Gasteiger partial charge in [-0.1, -0.05) is 26.7 Å². The van der Waals surface area contributed by atoms with E-state index in [0.29, 0.717) is 24.0 Å². The Morgan fingerprint density at radius 3 is 2.40 bits per heavy atom. The van der Waals surface area contributed by atoms with E-state index < -0.39 is 0 Å². The largest absolute Gasteiger partial charge is 0.367 e. The predicted octanol–water partition coefficient (Wildman–Crippen LogP) is 1.35. The summed E-state index contributed by atoms with van der Waals surface area (Å²) < 4.78 is 0. The van der Waals surface area contributed by atoms with E-state index >= 15 is 0 Å². The maximum atomic E-state index is 11.7. The number of nitrogens with two attached hydrogens (primary N) is 1. The van der Waals surface area contributed by atoms with E-state index in [1.54, 1.807) is 26.2 Å². The Hall–Kier alpha value is -1.69. The molecule has 6 heteroatoms. The summed E-state index contributed by atoms with van der Waals surface area (Å²) in [6, 6.07) is 3.51. The van der Waals surface area contributed by atoms with Crippen LogP contribution < -0.4 is 11.1 Å². The van der Waals surface area contributed by atoms with Gasteiger partial charge < -0.3 is 16.0 Å². The van der Waals surface area contributed by atoms with E-state index in [2.05, 4.69) is 29.4 Å². The molecule has 20 heavy (non-hydrogen) atoms. The molecule has 112 valence electrons. The lowest BCUT2D eigenvalue weighted by Crippen LogP contribution is -2.36. The van der Waals surface area contributed by atoms with Gasteiger partial charge in [-0.25, -0.2) is 0 Å². The molecule has 0 saturated heterocycles. The second kappa shape index (κ2) is 7.79. The van der Waals surface area contributed by atoms with Crippen molar-refractivity contribution in [2.45, 2.75) is 32.7 Å². The highest BCUT2D eigenvalue weighted by Gasteiger charge is 2.14. The second-order valence-corrected chi connectivity index (χ2v) is 5.12. The Bertz CT molecular complexity index is 414. The first-order valence-electron chi connectivity index (χ1n) is 7.04. The van der Waals surface area contributed by atoms with E-state index in [-0.39, 0.29) is 11.9 Å². The third-order valence-corrected chi connectivity index (χ3v) is 3.46. The van der Waals surface area contributed by atoms with Crippen LogP contribution in [0.15, 0.2) is 12.1 Å². The van der Waals surface area contributed by atoms with Crippen molar-refractivity contribution in [1.82, 2.24) is 15.1 Å². The highest BCUT2D eigenvalue weighted by Crippen LogP contribution is 2.12. The Labute approximate surface area is 120 Å². The van der Waals surface area contributed by atoms with E-state index in [1.165, 1.54) is 4.90 Å². The van der Waals surface area contributed by atoms with Crippen LogP contribution in [0.5, 0.6) is 0 Å². The molecular formula is C14H25N5O. The van der Waals surface area contributed by atoms with Crippen molar-refractivity contribution in [1.29, 1.82) is 0 Å². The van der Waals surface area contributed by atoms with E-state index in [0.717, 1.165) is 12.8 Å². The van der Waals surface area contributed by atoms with Crippen molar-refractivity contribution in [2.24, 2.45) is 11.7 Å². The van der Waals surface area contributed by atoms with Crippen molar-refractivity contribution in [2.75, 3.05) is 26.0 Å². The highest BCUT2D eigenvalue weighted by molar-refractivity contribution is 5.91. The number of aromatic nitrogens is 2. The fraction of sp³-hybridized carbons (Fsp3) is 0.643. The third kappa shape index (κ3) is 4.45. The summed E-state index contributed by atoms with van der Waals surface area (Å²) >= 11 is 0. The van der Waals surface area contributed by atoms with Gasteiger partial charge in [0.2, 0.25) is 0 Å². The van der Waals surface area contributed by atoms with Gasteiger partial charge in [-0.05, 0) is 18.1 Å². The van der Waals surface area contributed by atoms with Crippen molar-refractivity contribution >= 4 is 11.7 Å². The standard InChI is InChI=1S/C14H25N5O/c1-5-10(6-2)11(15)9-16-13-8-7-12(17-18-13)14(20)19(3)4/h7-8,10-11H,5-6,9,15H2,1-4H3,(H,16,18). The number of hydrogen-bond donors (Lipinski definition) is 2. The fourth-order valence-corrected chi connectivity index (χ4v) is 2.05. The molecule has 1 aromatic heterocycles. The molecule has 0 saturated carbocycles. The van der Waals surface area contributed by atoms with Crippen molar-refractivity contribution in [3.8, 4) is 0 Å². The van der Waals surface area contributed by atoms with Crippen LogP contribution in [0.3, 0.4) is 0 Å². The molecule has 0 aliphatic rings. The first kappa shape index (κ1) is 16.4. The topological polar surface area (TPSA) is 84.1 Å². The van der Waals surface area contributed by atoms with Gasteiger partial charge in [0.25, 0.3) is 5.91 Å². The van der Waals surface area contributed by atoms with Gasteiger partial charge in [0, 0.05) is 26.7 Å². The maximum Gasteiger partial charge on any atom is 0.273 e. The van der Waals surface area contributed by atoms with Gasteiger partial charge in [-0.3, -0.25) is 4.79 Å². The molecule has 6 nitrogen and oxygen atoms in total. The number of amides is 1. The minimum Gasteiger partial charge on any atom is -0.367 e. The quantitative estimate of drug-likeness (QED) is 0.787. The summed E-state index contributed by atoms with van der Waals surface area (Å²) in [5.41, 5.74) is 6.47. The van der Waals surface area contributed by atoms with E-state index in [4.69, 9.17) is 5.73 Å². The predicted molar refractivity (Wildman–Crippen MR) is 80.6 cm³/mol. The lowest BCUT2D eigenvalue weighted by molar-refractivity contribution is 0.0821. The number of carbonyl (C=O) groups excluding carboxylic acids is 1. The number of hydrogen-bond acceptors (Lipinski definition) is 5. The van der Waals surface area contributed by atoms with Crippen molar-refractivity contribution < 1.29 is 4.79 Å². The molecule has 0 aromatic carbocycles. The van der Waals surface area contributed by atoms with Crippen molar-refractivity contribution in [3.05, 3.63) is 17.8 Å². The number of nitrogens with zero attached hydrogens (tertiary/aromatic N) is 3. The van der Waals surface area contributed by atoms with Crippen LogP contribution in [0.2, 0.25) is 0 Å². The van der Waals surface area contributed by atoms with E-state index in [9.17, 15) is 4.79 Å². The molecule has 1 aromatic rings. The molecule has 0 spiro atoms. The average molecular weight is 279 g/mol. The van der Waals surface area contributed by atoms with Gasteiger partial charge >= 0.3 is 0 Å². The molecule has 0 aliphatic carbocycles. The van der Waals surface area contributed by atoms with Crippen molar-refractivity contribution in [3.63, 3.8) is 0 Å². The van der Waals surface area contributed by atoms with Crippen LogP contribution >= 0.6 is 0 Å². The lowest BCUT2D eigenvalue weighted by atomic mass is 9.95. The molecule has 1 amide bonds. The maximum absolute atomic E-state index is 11.7. The summed E-state index contributed by atoms with van der Waals surface area (Å²) in [6.45, 7) is 4.95. The van der Waals surface area contributed by atoms with Crippen LogP contribution in [0.1, 0.15) is 37.2 Å². The SMILES string of the molecule is CCC(CC)C(N)CNc1ccc(C(=O)N(C)C)nn1. The van der Waals surface area contributed by atoms with E-state index in [1.807, 2.05) is 0 Å². The molecular weight excluding hydrogens is 254 g/mol. The molecule has 1 heterocycles. The molecule has 0 aliphatic heterocycles. The Kier molecular flexibility index (Phi) is 6.38. The van der Waals surface area contributed by atoms with Gasteiger partial charge in [-0.15, -0.1) is 10.2 Å². The second-order valence-electron chi connectivity index (χ2n) is 5.12. The zero-order valence-electron chi connectivity index (χ0n) is 12.8. The lowest BCUT2D eigenvalue weighted by Gasteiger charge is -2.21. The Balaban J connectivity index is 2.56. The first-order chi connectivity index (χ1) is 9.49. The number of rotatable bonds is 7. The number of anilines is 1. The Morgan fingerprint density at radius 2 is 1.95 bits per heavy atom. The van der Waals surface area contributed by atoms with Crippen LogP contribution in [0, 0.1) is 5.92 Å². The van der Waals surface area contributed by atoms with Gasteiger partial charge in [0.05, 0.1) is 0 Å². The molecule has 1 atom stereocenters. The van der Waals surface area contributed by atoms with Crippen LogP contribution in [0.25, 0.3) is 0 Å². The summed E-state index contributed by atoms with van der Waals surface area (Å²) in [6.07, 6.45) is 2.14. The summed E-state index contributed by atoms with van der Waals surface area (Å²) in [4.78, 5) is 13.1. The minimum atomic E-state index is -0.155. The first-order valence-corrected chi connectivity index (χ1v) is 7.04. The molecule has 0 fully saturated rings. The van der Waals surface area contributed by atoms with Gasteiger partial charge in [-0.2, -0.15) is 0 Å². The zero-order valence-corrected chi connectivity index (χ0v) is 12.8. The smallest absolute Gasteiger partial charge is 0.273 e. The Morgan fingerprint density at radius 1 is 1.30 bits per heavy atom. The van der Waals surface area contributed by atoms with Gasteiger partial charge in [0.1, 0.15) is 5.82 Å². The van der Waals surface area contributed by atoms with Crippen LogP contribution in [-0.4, -0.2) is 47.7 Å². The molecule has 0 bridgehead atoms. The molecule has 1 unspecified atom stereocenters. The summed E-state index contributed by atoms with van der Waals surface area (Å²) in [7, 11) is 3.37. The third-order valence-electron chi connectivity index (χ3n) is 3.46. The monoisotopic (exact) mass is 279 g/mol. The number of nitrogens with one attached hydrogen (secondary N) is 1. The van der Waals surface area contributed by atoms with Crippen LogP contribution in [-0.2, 0) is 0 Å². The normalized spacial score (nSPS) is 12.3. The van der Waals surface area contributed by atoms with Gasteiger partial charge in [0.15, 0.2) is 5.69 Å². The zero-order chi connectivity index (χ0) is 15.1. The minimum absolute atomic E-state index is 0.0925. The summed E-state index contributed by atoms with van der Waals surface area (Å²) in [5, 5.41) is 11.1. The van der Waals surface area contributed by atoms with Crippen LogP contribution in [0.4, 0.5) is 5.82 Å². The highest BCUT2D eigenvalue weighted by atomic mass is 16.2. The summed E-state index contributed by atoms with van der Waals surface area (Å²) in [5.74, 6) is 0.990. The number of carbonyl (C=O) groups is 1.